The Bertz CT molecular complexity index is 979. The van der Waals surface area contributed by atoms with Crippen molar-refractivity contribution in [3.8, 4) is 22.4 Å². The molecule has 4 rings (SSSR count). The van der Waals surface area contributed by atoms with E-state index in [1.165, 1.54) is 44.6 Å². The molecule has 2 aromatic carbocycles. The molecule has 0 spiro atoms. The number of nitrogens with zero attached hydrogens (tertiary/aromatic N) is 1. The van der Waals surface area contributed by atoms with E-state index in [1.807, 2.05) is 0 Å². The minimum atomic E-state index is 0.0721. The predicted octanol–water partition coefficient (Wildman–Crippen LogP) is 5.36. The van der Waals surface area contributed by atoms with Gasteiger partial charge in [0.1, 0.15) is 7.05 Å². The van der Waals surface area contributed by atoms with Crippen LogP contribution < -0.4 is 4.57 Å². The van der Waals surface area contributed by atoms with Crippen LogP contribution >= 0.6 is 0 Å². The van der Waals surface area contributed by atoms with Gasteiger partial charge in [-0.1, -0.05) is 51.1 Å². The summed E-state index contributed by atoms with van der Waals surface area (Å²) in [4.78, 5) is 0. The van der Waals surface area contributed by atoms with E-state index in [0.29, 0.717) is 0 Å². The van der Waals surface area contributed by atoms with Crippen molar-refractivity contribution in [2.75, 3.05) is 0 Å². The summed E-state index contributed by atoms with van der Waals surface area (Å²) in [7, 11) is 2.14. The normalized spacial score (nSPS) is 14.3. The molecule has 0 saturated carbocycles. The van der Waals surface area contributed by atoms with Crippen LogP contribution in [0.25, 0.3) is 22.4 Å². The third-order valence-corrected chi connectivity index (χ3v) is 5.83. The first-order chi connectivity index (χ1) is 11.9. The predicted molar refractivity (Wildman–Crippen MR) is 105 cm³/mol. The summed E-state index contributed by atoms with van der Waals surface area (Å²) in [6.45, 7) is 9.14. The molecule has 1 aliphatic carbocycles. The zero-order valence-electron chi connectivity index (χ0n) is 15.9. The third-order valence-electron chi connectivity index (χ3n) is 5.83. The highest BCUT2D eigenvalue weighted by molar-refractivity contribution is 5.84. The van der Waals surface area contributed by atoms with Crippen LogP contribution in [0.3, 0.4) is 0 Å². The first-order valence-corrected chi connectivity index (χ1v) is 9.17. The quantitative estimate of drug-likeness (QED) is 0.558. The van der Waals surface area contributed by atoms with E-state index < -0.39 is 0 Å². The van der Waals surface area contributed by atoms with E-state index in [9.17, 15) is 0 Å². The second kappa shape index (κ2) is 5.56. The van der Waals surface area contributed by atoms with Crippen molar-refractivity contribution >= 4 is 0 Å². The number of aryl methyl sites for hydroxylation is 3. The molecule has 0 atom stereocenters. The van der Waals surface area contributed by atoms with E-state index in [0.717, 1.165) is 6.42 Å². The average Bonchev–Trinajstić information content (AvgIpc) is 2.83. The van der Waals surface area contributed by atoms with Gasteiger partial charge in [-0.25, -0.2) is 4.57 Å². The van der Waals surface area contributed by atoms with Gasteiger partial charge in [-0.2, -0.15) is 0 Å². The Hall–Kier alpha value is -2.41. The molecule has 0 saturated heterocycles. The molecular weight excluding hydrogens is 302 g/mol. The lowest BCUT2D eigenvalue weighted by Gasteiger charge is -2.22. The summed E-state index contributed by atoms with van der Waals surface area (Å²) in [5, 5.41) is 0. The fourth-order valence-corrected chi connectivity index (χ4v) is 4.23. The van der Waals surface area contributed by atoms with E-state index in [1.54, 1.807) is 0 Å². The molecule has 1 heteroatoms. The van der Waals surface area contributed by atoms with E-state index in [4.69, 9.17) is 0 Å². The zero-order chi connectivity index (χ0) is 17.8. The molecule has 0 bridgehead atoms. The Kier molecular flexibility index (Phi) is 3.57. The van der Waals surface area contributed by atoms with E-state index in [2.05, 4.69) is 94.0 Å². The lowest BCUT2D eigenvalue weighted by Crippen LogP contribution is -2.30. The van der Waals surface area contributed by atoms with Crippen molar-refractivity contribution < 1.29 is 4.57 Å². The van der Waals surface area contributed by atoms with Gasteiger partial charge in [0, 0.05) is 23.1 Å². The monoisotopic (exact) mass is 328 g/mol. The minimum Gasteiger partial charge on any atom is -0.201 e. The van der Waals surface area contributed by atoms with Gasteiger partial charge in [0.15, 0.2) is 6.20 Å². The van der Waals surface area contributed by atoms with Gasteiger partial charge in [0.05, 0.1) is 0 Å². The largest absolute Gasteiger partial charge is 0.212 e. The van der Waals surface area contributed by atoms with E-state index >= 15 is 0 Å². The number of fused-ring (bicyclic) bond motifs is 3. The second-order valence-electron chi connectivity index (χ2n) is 7.77. The minimum absolute atomic E-state index is 0.0721. The topological polar surface area (TPSA) is 3.88 Å². The Morgan fingerprint density at radius 3 is 2.40 bits per heavy atom. The van der Waals surface area contributed by atoms with Crippen LogP contribution in [0.2, 0.25) is 0 Å². The van der Waals surface area contributed by atoms with Gasteiger partial charge in [0.2, 0.25) is 5.69 Å². The van der Waals surface area contributed by atoms with E-state index in [-0.39, 0.29) is 5.41 Å². The Morgan fingerprint density at radius 2 is 1.64 bits per heavy atom. The van der Waals surface area contributed by atoms with Gasteiger partial charge in [-0.15, -0.1) is 0 Å². The molecule has 1 heterocycles. The first kappa shape index (κ1) is 16.1. The van der Waals surface area contributed by atoms with Gasteiger partial charge in [0.25, 0.3) is 0 Å². The highest BCUT2D eigenvalue weighted by Gasteiger charge is 2.36. The maximum atomic E-state index is 2.41. The number of aromatic nitrogens is 1. The van der Waals surface area contributed by atoms with Crippen LogP contribution in [0.4, 0.5) is 0 Å². The van der Waals surface area contributed by atoms with Crippen molar-refractivity contribution in [2.24, 2.45) is 7.05 Å². The lowest BCUT2D eigenvalue weighted by atomic mass is 9.81. The zero-order valence-corrected chi connectivity index (χ0v) is 15.9. The number of pyridine rings is 1. The highest BCUT2D eigenvalue weighted by atomic mass is 14.9. The molecule has 0 radical (unpaired) electrons. The molecule has 25 heavy (non-hydrogen) atoms. The van der Waals surface area contributed by atoms with Crippen LogP contribution in [0.15, 0.2) is 54.7 Å². The molecule has 3 aromatic rings. The molecule has 0 N–H and O–H groups in total. The summed E-state index contributed by atoms with van der Waals surface area (Å²) in [6, 6.07) is 18.2. The van der Waals surface area contributed by atoms with Crippen molar-refractivity contribution in [3.63, 3.8) is 0 Å². The Balaban J connectivity index is 1.99. The number of hydrogen-bond acceptors (Lipinski definition) is 0. The standard InChI is InChI=1S/C24H26N/c1-6-17-11-12-25(5)23(14-17)19-15-20-18-9-7-8-10-21(18)24(3,4)22(20)13-16(19)2/h7-15H,6H2,1-5H3/q+1. The Morgan fingerprint density at radius 1 is 0.880 bits per heavy atom. The third kappa shape index (κ3) is 2.33. The van der Waals surface area contributed by atoms with Gasteiger partial charge < -0.3 is 0 Å². The maximum Gasteiger partial charge on any atom is 0.212 e. The van der Waals surface area contributed by atoms with Gasteiger partial charge >= 0.3 is 0 Å². The smallest absolute Gasteiger partial charge is 0.201 e. The first-order valence-electron chi connectivity index (χ1n) is 9.17. The molecule has 1 aromatic heterocycles. The van der Waals surface area contributed by atoms with Crippen molar-refractivity contribution in [3.05, 3.63) is 77.0 Å². The molecule has 0 fully saturated rings. The Labute approximate surface area is 151 Å². The fraction of sp³-hybridized carbons (Fsp3) is 0.292. The van der Waals surface area contributed by atoms with Crippen LogP contribution in [-0.2, 0) is 18.9 Å². The molecule has 1 nitrogen and oxygen atoms in total. The summed E-state index contributed by atoms with van der Waals surface area (Å²) in [5.41, 5.74) is 11.1. The van der Waals surface area contributed by atoms with Crippen molar-refractivity contribution in [2.45, 2.75) is 39.5 Å². The molecule has 1 aliphatic rings. The van der Waals surface area contributed by atoms with Gasteiger partial charge in [-0.3, -0.25) is 0 Å². The van der Waals surface area contributed by atoms with Crippen molar-refractivity contribution in [1.82, 2.24) is 0 Å². The molecule has 126 valence electrons. The SMILES string of the molecule is CCc1cc[n+](C)c(-c2cc3c(cc2C)C(C)(C)c2ccccc2-3)c1. The molecule has 0 aliphatic heterocycles. The fourth-order valence-electron chi connectivity index (χ4n) is 4.23. The molecule has 0 unspecified atom stereocenters. The van der Waals surface area contributed by atoms with Crippen LogP contribution in [0.5, 0.6) is 0 Å². The lowest BCUT2D eigenvalue weighted by molar-refractivity contribution is -0.660. The van der Waals surface area contributed by atoms with Gasteiger partial charge in [-0.05, 0) is 52.8 Å². The average molecular weight is 328 g/mol. The number of hydrogen-bond donors (Lipinski definition) is 0. The maximum absolute atomic E-state index is 2.41. The van der Waals surface area contributed by atoms with Crippen LogP contribution in [0, 0.1) is 6.92 Å². The van der Waals surface area contributed by atoms with Crippen molar-refractivity contribution in [1.29, 1.82) is 0 Å². The molecule has 0 amide bonds. The number of benzene rings is 2. The molecular formula is C24H26N+. The second-order valence-corrected chi connectivity index (χ2v) is 7.77. The van der Waals surface area contributed by atoms with Crippen LogP contribution in [-0.4, -0.2) is 0 Å². The summed E-state index contributed by atoms with van der Waals surface area (Å²) < 4.78 is 2.24. The van der Waals surface area contributed by atoms with Crippen LogP contribution in [0.1, 0.15) is 43.0 Å². The summed E-state index contributed by atoms with van der Waals surface area (Å²) in [6.07, 6.45) is 3.24. The summed E-state index contributed by atoms with van der Waals surface area (Å²) in [5.74, 6) is 0. The highest BCUT2D eigenvalue weighted by Crippen LogP contribution is 2.50. The summed E-state index contributed by atoms with van der Waals surface area (Å²) >= 11 is 0. The number of rotatable bonds is 2.